The lowest BCUT2D eigenvalue weighted by atomic mass is 9.69. The van der Waals surface area contributed by atoms with Crippen LogP contribution in [0.5, 0.6) is 0 Å². The van der Waals surface area contributed by atoms with Gasteiger partial charge in [0.15, 0.2) is 0 Å². The highest BCUT2D eigenvalue weighted by Crippen LogP contribution is 2.55. The number of carbonyl (C=O) groups is 3. The second-order valence-corrected chi connectivity index (χ2v) is 16.1. The summed E-state index contributed by atoms with van der Waals surface area (Å²) in [5.74, 6) is -1.22. The predicted molar refractivity (Wildman–Crippen MR) is 219 cm³/mol. The first-order valence-electron chi connectivity index (χ1n) is 20.0. The maximum Gasteiger partial charge on any atom is 0.342 e. The van der Waals surface area contributed by atoms with Gasteiger partial charge in [0, 0.05) is 27.5 Å². The van der Waals surface area contributed by atoms with Gasteiger partial charge in [-0.15, -0.1) is 11.3 Å². The van der Waals surface area contributed by atoms with E-state index in [4.69, 9.17) is 20.2 Å². The van der Waals surface area contributed by atoms with Crippen molar-refractivity contribution in [2.24, 2.45) is 10.7 Å². The Bertz CT molecular complexity index is 1760. The number of esters is 2. The molecule has 8 heteroatoms. The molecule has 2 N–H and O–H groups in total. The van der Waals surface area contributed by atoms with Crippen molar-refractivity contribution >= 4 is 40.8 Å². The SMILES string of the molecule is CCCCCCC1(CCCCCC)c2cc(C=Nc3sc(C(C)(N)CC)c(C(=O)OCC)c3C(=O)OCC)ccc2-c2ccc(C(C)(C=O)CC)cc21. The molecule has 1 heterocycles. The van der Waals surface area contributed by atoms with Crippen LogP contribution in [0.25, 0.3) is 11.1 Å². The Morgan fingerprint density at radius 1 is 0.774 bits per heavy atom. The van der Waals surface area contributed by atoms with Crippen LogP contribution in [0.4, 0.5) is 5.00 Å². The van der Waals surface area contributed by atoms with E-state index >= 15 is 0 Å². The Hall–Kier alpha value is -3.62. The molecule has 0 amide bonds. The second-order valence-electron chi connectivity index (χ2n) is 15.1. The number of aliphatic imine (C=N–C) groups is 1. The number of ether oxygens (including phenoxy) is 2. The van der Waals surface area contributed by atoms with Crippen molar-refractivity contribution in [3.8, 4) is 11.1 Å². The van der Waals surface area contributed by atoms with E-state index in [0.29, 0.717) is 16.3 Å². The molecule has 0 radical (unpaired) electrons. The Morgan fingerprint density at radius 3 is 1.87 bits per heavy atom. The van der Waals surface area contributed by atoms with E-state index in [9.17, 15) is 14.4 Å². The number of carbonyl (C=O) groups excluding carboxylic acids is 3. The lowest BCUT2D eigenvalue weighted by molar-refractivity contribution is -0.112. The van der Waals surface area contributed by atoms with Gasteiger partial charge in [-0.2, -0.15) is 0 Å². The van der Waals surface area contributed by atoms with Gasteiger partial charge in [-0.25, -0.2) is 14.6 Å². The molecule has 0 spiro atoms. The third-order valence-electron chi connectivity index (χ3n) is 11.4. The fourth-order valence-electron chi connectivity index (χ4n) is 7.67. The highest BCUT2D eigenvalue weighted by atomic mass is 32.1. The van der Waals surface area contributed by atoms with E-state index < -0.39 is 22.9 Å². The Kier molecular flexibility index (Phi) is 14.8. The first kappa shape index (κ1) is 42.1. The molecule has 0 saturated heterocycles. The van der Waals surface area contributed by atoms with Crippen LogP contribution in [-0.2, 0) is 30.6 Å². The van der Waals surface area contributed by atoms with Crippen molar-refractivity contribution in [3.05, 3.63) is 74.7 Å². The minimum absolute atomic E-state index is 0.100. The normalized spacial score (nSPS) is 15.4. The molecule has 4 rings (SSSR count). The van der Waals surface area contributed by atoms with E-state index in [-0.39, 0.29) is 29.8 Å². The number of aldehydes is 1. The van der Waals surface area contributed by atoms with Crippen molar-refractivity contribution in [2.45, 2.75) is 149 Å². The zero-order valence-corrected chi connectivity index (χ0v) is 34.3. The highest BCUT2D eigenvalue weighted by molar-refractivity contribution is 7.16. The fraction of sp³-hybridized carbons (Fsp3) is 0.556. The maximum atomic E-state index is 13.5. The molecule has 0 aliphatic heterocycles. The summed E-state index contributed by atoms with van der Waals surface area (Å²) in [6.45, 7) is 16.2. The number of fused-ring (bicyclic) bond motifs is 3. The van der Waals surface area contributed by atoms with Gasteiger partial charge in [0.25, 0.3) is 0 Å². The summed E-state index contributed by atoms with van der Waals surface area (Å²) in [5.41, 5.74) is 12.4. The number of rotatable bonds is 21. The van der Waals surface area contributed by atoms with Gasteiger partial charge in [0.05, 0.1) is 18.8 Å². The summed E-state index contributed by atoms with van der Waals surface area (Å²) in [7, 11) is 0. The lowest BCUT2D eigenvalue weighted by Crippen LogP contribution is -2.33. The molecule has 2 aromatic carbocycles. The second kappa shape index (κ2) is 18.6. The van der Waals surface area contributed by atoms with E-state index in [1.807, 2.05) is 20.8 Å². The van der Waals surface area contributed by atoms with Crippen LogP contribution in [0, 0.1) is 0 Å². The molecule has 3 aromatic rings. The molecule has 0 saturated carbocycles. The zero-order chi connectivity index (χ0) is 38.8. The lowest BCUT2D eigenvalue weighted by Gasteiger charge is -2.34. The molecule has 1 aliphatic carbocycles. The molecular formula is C45H62N2O5S. The monoisotopic (exact) mass is 742 g/mol. The predicted octanol–water partition coefficient (Wildman–Crippen LogP) is 11.5. The van der Waals surface area contributed by atoms with Crippen LogP contribution < -0.4 is 5.73 Å². The average molecular weight is 743 g/mol. The molecule has 2 atom stereocenters. The average Bonchev–Trinajstić information content (AvgIpc) is 3.68. The zero-order valence-electron chi connectivity index (χ0n) is 33.5. The van der Waals surface area contributed by atoms with Crippen LogP contribution in [0.3, 0.4) is 0 Å². The summed E-state index contributed by atoms with van der Waals surface area (Å²) in [4.78, 5) is 44.8. The number of nitrogens with zero attached hydrogens (tertiary/aromatic N) is 1. The molecule has 288 valence electrons. The minimum Gasteiger partial charge on any atom is -0.462 e. The molecule has 1 aromatic heterocycles. The summed E-state index contributed by atoms with van der Waals surface area (Å²) < 4.78 is 10.9. The minimum atomic E-state index is -0.882. The molecule has 1 aliphatic rings. The standard InChI is InChI=1S/C45H62N2O5S/c1-9-15-17-19-25-45(26-20-18-16-10-2)35-27-31(21-23-33(35)34-24-22-32(28-36(34)45)43(7,11-3)30-48)29-47-40-38(42(50)52-14-6)37(41(49)51-13-5)39(53-40)44(8,46)12-4/h21-24,27-30H,9-20,25-26,46H2,1-8H3. The number of benzene rings is 2. The van der Waals surface area contributed by atoms with E-state index in [1.165, 1.54) is 72.1 Å². The number of nitrogens with two attached hydrogens (primary N) is 1. The Balaban J connectivity index is 1.92. The maximum absolute atomic E-state index is 13.5. The van der Waals surface area contributed by atoms with Crippen molar-refractivity contribution in [2.75, 3.05) is 13.2 Å². The van der Waals surface area contributed by atoms with Crippen molar-refractivity contribution in [1.29, 1.82) is 0 Å². The number of hydrogen-bond donors (Lipinski definition) is 1. The van der Waals surface area contributed by atoms with E-state index in [2.05, 4.69) is 57.2 Å². The smallest absolute Gasteiger partial charge is 0.342 e. The Labute approximate surface area is 322 Å². The van der Waals surface area contributed by atoms with Gasteiger partial charge in [-0.1, -0.05) is 109 Å². The molecule has 0 fully saturated rings. The molecule has 0 bridgehead atoms. The van der Waals surface area contributed by atoms with Crippen LogP contribution in [-0.4, -0.2) is 37.7 Å². The largest absolute Gasteiger partial charge is 0.462 e. The van der Waals surface area contributed by atoms with Crippen molar-refractivity contribution in [3.63, 3.8) is 0 Å². The topological polar surface area (TPSA) is 108 Å². The molecule has 7 nitrogen and oxygen atoms in total. The first-order chi connectivity index (χ1) is 25.4. The summed E-state index contributed by atoms with van der Waals surface area (Å²) in [5, 5.41) is 0.373. The van der Waals surface area contributed by atoms with Crippen LogP contribution >= 0.6 is 11.3 Å². The highest BCUT2D eigenvalue weighted by Gasteiger charge is 2.43. The third kappa shape index (κ3) is 8.86. The summed E-state index contributed by atoms with van der Waals surface area (Å²) in [6, 6.07) is 13.3. The summed E-state index contributed by atoms with van der Waals surface area (Å²) >= 11 is 1.25. The van der Waals surface area contributed by atoms with Crippen molar-refractivity contribution in [1.82, 2.24) is 0 Å². The van der Waals surface area contributed by atoms with Crippen molar-refractivity contribution < 1.29 is 23.9 Å². The fourth-order valence-corrected chi connectivity index (χ4v) is 8.92. The van der Waals surface area contributed by atoms with Gasteiger partial charge < -0.3 is 20.0 Å². The van der Waals surface area contributed by atoms with E-state index in [1.54, 1.807) is 20.1 Å². The number of thiophene rings is 1. The van der Waals surface area contributed by atoms with Gasteiger partial charge in [-0.05, 0) is 92.8 Å². The molecule has 53 heavy (non-hydrogen) atoms. The summed E-state index contributed by atoms with van der Waals surface area (Å²) in [6.07, 6.45) is 15.6. The van der Waals surface area contributed by atoms with Gasteiger partial charge >= 0.3 is 11.9 Å². The van der Waals surface area contributed by atoms with Gasteiger partial charge in [0.1, 0.15) is 16.9 Å². The first-order valence-corrected chi connectivity index (χ1v) is 20.8. The van der Waals surface area contributed by atoms with Crippen LogP contribution in [0.1, 0.15) is 180 Å². The molecular weight excluding hydrogens is 681 g/mol. The van der Waals surface area contributed by atoms with Crippen LogP contribution in [0.2, 0.25) is 0 Å². The number of hydrogen-bond acceptors (Lipinski definition) is 8. The van der Waals surface area contributed by atoms with Crippen LogP contribution in [0.15, 0.2) is 41.4 Å². The quantitative estimate of drug-likeness (QED) is 0.0504. The van der Waals surface area contributed by atoms with Gasteiger partial charge in [0.2, 0.25) is 0 Å². The van der Waals surface area contributed by atoms with Gasteiger partial charge in [-0.3, -0.25) is 0 Å². The molecule has 2 unspecified atom stereocenters. The Morgan fingerprint density at radius 2 is 1.34 bits per heavy atom. The van der Waals surface area contributed by atoms with E-state index in [0.717, 1.165) is 49.5 Å². The third-order valence-corrected chi connectivity index (χ3v) is 12.8. The number of unbranched alkanes of at least 4 members (excludes halogenated alkanes) is 6.